The molecule has 1 aromatic heterocycles. The van der Waals surface area contributed by atoms with Crippen molar-refractivity contribution in [2.24, 2.45) is 0 Å². The maximum absolute atomic E-state index is 3.43. The molecule has 0 bridgehead atoms. The molecule has 11 rings (SSSR count). The van der Waals surface area contributed by atoms with Crippen LogP contribution < -0.4 is 10.2 Å². The monoisotopic (exact) mass is 885 g/mol. The van der Waals surface area contributed by atoms with Gasteiger partial charge in [-0.15, -0.1) is 0 Å². The molecule has 0 saturated heterocycles. The van der Waals surface area contributed by atoms with Crippen molar-refractivity contribution in [2.75, 3.05) is 10.2 Å². The van der Waals surface area contributed by atoms with Crippen molar-refractivity contribution in [3.05, 3.63) is 290 Å². The van der Waals surface area contributed by atoms with Gasteiger partial charge in [0.15, 0.2) is 0 Å². The number of anilines is 3. The number of fused-ring (bicyclic) bond motifs is 3. The van der Waals surface area contributed by atoms with Crippen LogP contribution in [0.4, 0.5) is 17.1 Å². The second-order valence-corrected chi connectivity index (χ2v) is 17.4. The third kappa shape index (κ3) is 9.27. The van der Waals surface area contributed by atoms with Gasteiger partial charge in [-0.25, -0.2) is 0 Å². The molecule has 0 fully saturated rings. The molecule has 3 nitrogen and oxygen atoms in total. The summed E-state index contributed by atoms with van der Waals surface area (Å²) in [6.07, 6.45) is 20.5. The van der Waals surface area contributed by atoms with E-state index in [2.05, 4.69) is 276 Å². The third-order valence-corrected chi connectivity index (χ3v) is 13.0. The van der Waals surface area contributed by atoms with Crippen molar-refractivity contribution in [1.29, 1.82) is 0 Å². The molecule has 1 heterocycles. The Kier molecular flexibility index (Phi) is 12.3. The molecular formula is C66H51N3. The predicted octanol–water partition coefficient (Wildman–Crippen LogP) is 17.5. The van der Waals surface area contributed by atoms with E-state index in [0.717, 1.165) is 45.5 Å². The Labute approximate surface area is 405 Å². The average molecular weight is 886 g/mol. The summed E-state index contributed by atoms with van der Waals surface area (Å²) in [5.41, 5.74) is 17.3. The van der Waals surface area contributed by atoms with Crippen molar-refractivity contribution in [2.45, 2.75) is 12.5 Å². The Morgan fingerprint density at radius 1 is 0.507 bits per heavy atom. The van der Waals surface area contributed by atoms with Gasteiger partial charge in [-0.05, 0) is 130 Å². The fourth-order valence-electron chi connectivity index (χ4n) is 9.55. The van der Waals surface area contributed by atoms with Crippen LogP contribution in [0.3, 0.4) is 0 Å². The van der Waals surface area contributed by atoms with Crippen LogP contribution in [0.1, 0.15) is 17.5 Å². The number of hydrogen-bond acceptors (Lipinski definition) is 2. The molecule has 1 N–H and O–H groups in total. The van der Waals surface area contributed by atoms with Crippen molar-refractivity contribution < 1.29 is 0 Å². The Bertz CT molecular complexity index is 3510. The molecule has 0 radical (unpaired) electrons. The Balaban J connectivity index is 1.07. The van der Waals surface area contributed by atoms with Gasteiger partial charge in [0, 0.05) is 39.6 Å². The molecule has 0 aliphatic heterocycles. The van der Waals surface area contributed by atoms with E-state index in [0.29, 0.717) is 0 Å². The molecule has 330 valence electrons. The smallest absolute Gasteiger partial charge is 0.0559 e. The molecule has 1 aliphatic rings. The van der Waals surface area contributed by atoms with E-state index in [9.17, 15) is 0 Å². The minimum atomic E-state index is 0.236. The van der Waals surface area contributed by atoms with Gasteiger partial charge in [-0.3, -0.25) is 0 Å². The lowest BCUT2D eigenvalue weighted by Gasteiger charge is -2.32. The van der Waals surface area contributed by atoms with Crippen LogP contribution in [0.5, 0.6) is 0 Å². The lowest BCUT2D eigenvalue weighted by molar-refractivity contribution is 0.785. The highest BCUT2D eigenvalue weighted by Gasteiger charge is 2.21. The van der Waals surface area contributed by atoms with Crippen LogP contribution in [0.15, 0.2) is 279 Å². The van der Waals surface area contributed by atoms with Crippen molar-refractivity contribution >= 4 is 50.5 Å². The van der Waals surface area contributed by atoms with Crippen molar-refractivity contribution in [3.63, 3.8) is 0 Å². The van der Waals surface area contributed by atoms with E-state index < -0.39 is 0 Å². The fourth-order valence-corrected chi connectivity index (χ4v) is 9.55. The molecule has 0 saturated carbocycles. The summed E-state index contributed by atoms with van der Waals surface area (Å²) in [5, 5.41) is 5.81. The van der Waals surface area contributed by atoms with Gasteiger partial charge in [-0.1, -0.05) is 200 Å². The Hall–Kier alpha value is -8.92. The number of allylic oxidation sites excluding steroid dienone is 6. The molecule has 0 spiro atoms. The largest absolute Gasteiger partial charge is 0.362 e. The fraction of sp³-hybridized carbons (Fsp3) is 0.0303. The van der Waals surface area contributed by atoms with E-state index in [4.69, 9.17) is 0 Å². The van der Waals surface area contributed by atoms with Gasteiger partial charge in [0.2, 0.25) is 0 Å². The molecule has 1 unspecified atom stereocenters. The van der Waals surface area contributed by atoms with Gasteiger partial charge in [0.25, 0.3) is 0 Å². The molecule has 69 heavy (non-hydrogen) atoms. The molecular weight excluding hydrogens is 835 g/mol. The first-order valence-corrected chi connectivity index (χ1v) is 23.8. The minimum Gasteiger partial charge on any atom is -0.362 e. The van der Waals surface area contributed by atoms with E-state index in [1.54, 1.807) is 0 Å². The first kappa shape index (κ1) is 42.7. The maximum atomic E-state index is 3.43. The van der Waals surface area contributed by atoms with Gasteiger partial charge in [0.1, 0.15) is 0 Å². The summed E-state index contributed by atoms with van der Waals surface area (Å²) < 4.78 is 2.47. The highest BCUT2D eigenvalue weighted by atomic mass is 15.2. The standard InChI is InChI=1S/C66H51N3/c1-7-20-49(21-8-1)33-34-51(26-19-45-67-57-27-13-4-14-28-57)55-38-43-65-62(47-55)63-48-56(52-35-40-60(41-36-52)68(58-29-15-5-16-30-58)59-31-17-6-18-32-59)39-44-66(63)69(65)64-42-37-54(50-22-9-2-10-23-50)46-61(64)53-24-11-3-12-25-53/h1-31,33-48,59,67H,32H2/b34-33-,45-19+,51-26+. The first-order valence-electron chi connectivity index (χ1n) is 23.8. The zero-order valence-corrected chi connectivity index (χ0v) is 38.3. The van der Waals surface area contributed by atoms with Crippen molar-refractivity contribution in [1.82, 2.24) is 4.57 Å². The summed E-state index contributed by atoms with van der Waals surface area (Å²) in [4.78, 5) is 2.44. The zero-order chi connectivity index (χ0) is 46.2. The molecule has 0 amide bonds. The number of aromatic nitrogens is 1. The third-order valence-electron chi connectivity index (χ3n) is 13.0. The van der Waals surface area contributed by atoms with Gasteiger partial charge >= 0.3 is 0 Å². The summed E-state index contributed by atoms with van der Waals surface area (Å²) in [6.45, 7) is 0. The highest BCUT2D eigenvalue weighted by Crippen LogP contribution is 2.41. The van der Waals surface area contributed by atoms with Gasteiger partial charge in [-0.2, -0.15) is 0 Å². The predicted molar refractivity (Wildman–Crippen MR) is 295 cm³/mol. The molecule has 9 aromatic carbocycles. The zero-order valence-electron chi connectivity index (χ0n) is 38.3. The van der Waals surface area contributed by atoms with E-state index in [1.165, 1.54) is 55.5 Å². The summed E-state index contributed by atoms with van der Waals surface area (Å²) >= 11 is 0. The number of nitrogens with one attached hydrogen (secondary N) is 1. The number of nitrogens with zero attached hydrogens (tertiary/aromatic N) is 2. The molecule has 10 aromatic rings. The maximum Gasteiger partial charge on any atom is 0.0559 e. The second-order valence-electron chi connectivity index (χ2n) is 17.4. The molecule has 3 heteroatoms. The molecule has 1 aliphatic carbocycles. The lowest BCUT2D eigenvalue weighted by atomic mass is 9.97. The number of para-hydroxylation sites is 2. The topological polar surface area (TPSA) is 20.2 Å². The Morgan fingerprint density at radius 3 is 1.80 bits per heavy atom. The normalized spacial score (nSPS) is 13.7. The highest BCUT2D eigenvalue weighted by molar-refractivity contribution is 6.12. The van der Waals surface area contributed by atoms with Crippen LogP contribution in [0.25, 0.3) is 72.5 Å². The van der Waals surface area contributed by atoms with E-state index >= 15 is 0 Å². The summed E-state index contributed by atoms with van der Waals surface area (Å²) in [6, 6.07) is 83.2. The number of benzene rings is 9. The molecule has 1 atom stereocenters. The number of rotatable bonds is 13. The van der Waals surface area contributed by atoms with E-state index in [1.807, 2.05) is 24.4 Å². The van der Waals surface area contributed by atoms with Gasteiger partial charge < -0.3 is 14.8 Å². The van der Waals surface area contributed by atoms with Crippen LogP contribution in [0.2, 0.25) is 0 Å². The average Bonchev–Trinajstić information content (AvgIpc) is 3.75. The second kappa shape index (κ2) is 19.9. The number of hydrogen-bond donors (Lipinski definition) is 1. The minimum absolute atomic E-state index is 0.236. The van der Waals surface area contributed by atoms with Crippen molar-refractivity contribution in [3.8, 4) is 39.1 Å². The van der Waals surface area contributed by atoms with Gasteiger partial charge in [0.05, 0.1) is 22.8 Å². The van der Waals surface area contributed by atoms with Crippen LogP contribution in [-0.2, 0) is 0 Å². The van der Waals surface area contributed by atoms with Crippen LogP contribution in [0, 0.1) is 0 Å². The summed E-state index contributed by atoms with van der Waals surface area (Å²) in [5.74, 6) is 0. The van der Waals surface area contributed by atoms with Crippen LogP contribution >= 0.6 is 0 Å². The van der Waals surface area contributed by atoms with E-state index in [-0.39, 0.29) is 6.04 Å². The first-order chi connectivity index (χ1) is 34.2. The lowest BCUT2D eigenvalue weighted by Crippen LogP contribution is -2.29. The quantitative estimate of drug-likeness (QED) is 0.116. The SMILES string of the molecule is C1=CCC(N(c2ccccc2)c2ccc(-c3ccc4c(c3)c3cc(C(/C=C\c5ccccc5)=C/C=C/Nc5ccccc5)ccc3n4-c3ccc(-c4ccccc4)cc3-c3ccccc3)cc2)C=C1. The Morgan fingerprint density at radius 2 is 1.09 bits per heavy atom. The van der Waals surface area contributed by atoms with Crippen LogP contribution in [-0.4, -0.2) is 10.6 Å². The summed E-state index contributed by atoms with van der Waals surface area (Å²) in [7, 11) is 0.